The van der Waals surface area contributed by atoms with Crippen molar-refractivity contribution in [1.82, 2.24) is 9.80 Å². The molecule has 0 radical (unpaired) electrons. The SMILES string of the molecule is CC(C)OCC[C@@H](O)CN1CCN(CCO)C(=O)C1. The quantitative estimate of drug-likeness (QED) is 0.612. The molecule has 0 bridgehead atoms. The number of ether oxygens (including phenoxy) is 1. The highest BCUT2D eigenvalue weighted by Crippen LogP contribution is 2.06. The number of aliphatic hydroxyl groups is 2. The normalized spacial score (nSPS) is 19.2. The van der Waals surface area contributed by atoms with Gasteiger partial charge in [-0.1, -0.05) is 0 Å². The molecule has 2 N–H and O–H groups in total. The molecule has 0 unspecified atom stereocenters. The third kappa shape index (κ3) is 6.33. The molecule has 1 saturated heterocycles. The number of carbonyl (C=O) groups is 1. The molecule has 112 valence electrons. The van der Waals surface area contributed by atoms with E-state index in [2.05, 4.69) is 0 Å². The van der Waals surface area contributed by atoms with E-state index >= 15 is 0 Å². The van der Waals surface area contributed by atoms with Crippen molar-refractivity contribution in [2.75, 3.05) is 45.9 Å². The van der Waals surface area contributed by atoms with Crippen LogP contribution in [0.25, 0.3) is 0 Å². The fraction of sp³-hybridized carbons (Fsp3) is 0.923. The summed E-state index contributed by atoms with van der Waals surface area (Å²) in [5.41, 5.74) is 0. The van der Waals surface area contributed by atoms with Gasteiger partial charge in [-0.2, -0.15) is 0 Å². The number of β-amino-alcohol motifs (C(OH)–C–C–N with tert-alkyl or cyclic N) is 2. The number of piperazine rings is 1. The standard InChI is InChI=1S/C13H26N2O4/c1-11(2)19-8-3-12(17)9-14-4-5-15(6-7-16)13(18)10-14/h11-12,16-17H,3-10H2,1-2H3/t12-/m1/s1. The van der Waals surface area contributed by atoms with E-state index in [4.69, 9.17) is 9.84 Å². The summed E-state index contributed by atoms with van der Waals surface area (Å²) >= 11 is 0. The van der Waals surface area contributed by atoms with Gasteiger partial charge in [-0.05, 0) is 20.3 Å². The minimum absolute atomic E-state index is 0.000899. The summed E-state index contributed by atoms with van der Waals surface area (Å²) in [6.07, 6.45) is 0.301. The van der Waals surface area contributed by atoms with Crippen molar-refractivity contribution in [2.45, 2.75) is 32.5 Å². The summed E-state index contributed by atoms with van der Waals surface area (Å²) in [4.78, 5) is 15.4. The predicted octanol–water partition coefficient (Wildman–Crippen LogP) is -0.701. The molecule has 1 rings (SSSR count). The second-order valence-electron chi connectivity index (χ2n) is 5.20. The van der Waals surface area contributed by atoms with Crippen LogP contribution in [0.3, 0.4) is 0 Å². The lowest BCUT2D eigenvalue weighted by Gasteiger charge is -2.34. The van der Waals surface area contributed by atoms with Gasteiger partial charge >= 0.3 is 0 Å². The summed E-state index contributed by atoms with van der Waals surface area (Å²) in [5, 5.41) is 18.7. The highest BCUT2D eigenvalue weighted by molar-refractivity contribution is 5.79. The number of amides is 1. The maximum Gasteiger partial charge on any atom is 0.236 e. The Morgan fingerprint density at radius 1 is 1.37 bits per heavy atom. The lowest BCUT2D eigenvalue weighted by Crippen LogP contribution is -2.52. The molecule has 1 amide bonds. The van der Waals surface area contributed by atoms with Gasteiger partial charge in [0.2, 0.25) is 5.91 Å². The molecule has 0 aromatic carbocycles. The molecule has 1 heterocycles. The van der Waals surface area contributed by atoms with Gasteiger partial charge in [0, 0.05) is 32.8 Å². The van der Waals surface area contributed by atoms with Gasteiger partial charge < -0.3 is 19.8 Å². The van der Waals surface area contributed by atoms with E-state index in [-0.39, 0.29) is 18.6 Å². The first kappa shape index (κ1) is 16.4. The Balaban J connectivity index is 2.21. The van der Waals surface area contributed by atoms with Crippen LogP contribution in [0.4, 0.5) is 0 Å². The topological polar surface area (TPSA) is 73.2 Å². The fourth-order valence-electron chi connectivity index (χ4n) is 2.10. The average Bonchev–Trinajstić information content (AvgIpc) is 2.32. The molecule has 0 aromatic heterocycles. The van der Waals surface area contributed by atoms with Gasteiger partial charge in [-0.3, -0.25) is 9.69 Å². The zero-order chi connectivity index (χ0) is 14.3. The second-order valence-corrected chi connectivity index (χ2v) is 5.20. The van der Waals surface area contributed by atoms with Gasteiger partial charge in [0.15, 0.2) is 0 Å². The lowest BCUT2D eigenvalue weighted by atomic mass is 10.2. The number of rotatable bonds is 8. The fourth-order valence-corrected chi connectivity index (χ4v) is 2.10. The van der Waals surface area contributed by atoms with Crippen molar-refractivity contribution in [1.29, 1.82) is 0 Å². The lowest BCUT2D eigenvalue weighted by molar-refractivity contribution is -0.137. The molecule has 19 heavy (non-hydrogen) atoms. The van der Waals surface area contributed by atoms with Crippen LogP contribution in [0.1, 0.15) is 20.3 Å². The Kier molecular flexibility index (Phi) is 7.30. The van der Waals surface area contributed by atoms with Crippen LogP contribution < -0.4 is 0 Å². The zero-order valence-electron chi connectivity index (χ0n) is 11.9. The molecule has 1 aliphatic heterocycles. The van der Waals surface area contributed by atoms with E-state index in [0.29, 0.717) is 39.2 Å². The van der Waals surface area contributed by atoms with Crippen molar-refractivity contribution >= 4 is 5.91 Å². The summed E-state index contributed by atoms with van der Waals surface area (Å²) in [7, 11) is 0. The van der Waals surface area contributed by atoms with E-state index < -0.39 is 6.10 Å². The summed E-state index contributed by atoms with van der Waals surface area (Å²) in [6.45, 7) is 7.05. The maximum absolute atomic E-state index is 11.7. The van der Waals surface area contributed by atoms with Gasteiger partial charge in [0.1, 0.15) is 0 Å². The summed E-state index contributed by atoms with van der Waals surface area (Å²) in [6, 6.07) is 0. The molecular formula is C13H26N2O4. The van der Waals surface area contributed by atoms with Crippen molar-refractivity contribution < 1.29 is 19.7 Å². The molecule has 1 aliphatic rings. The van der Waals surface area contributed by atoms with E-state index in [1.807, 2.05) is 18.7 Å². The van der Waals surface area contributed by atoms with Crippen molar-refractivity contribution in [2.24, 2.45) is 0 Å². The molecule has 0 aliphatic carbocycles. The molecule has 1 atom stereocenters. The van der Waals surface area contributed by atoms with Crippen LogP contribution >= 0.6 is 0 Å². The Bertz CT molecular complexity index is 273. The molecule has 6 nitrogen and oxygen atoms in total. The van der Waals surface area contributed by atoms with Crippen LogP contribution in [0.5, 0.6) is 0 Å². The molecule has 6 heteroatoms. The van der Waals surface area contributed by atoms with Gasteiger partial charge in [0.05, 0.1) is 25.4 Å². The zero-order valence-corrected chi connectivity index (χ0v) is 11.9. The maximum atomic E-state index is 11.7. The van der Waals surface area contributed by atoms with Crippen molar-refractivity contribution in [3.63, 3.8) is 0 Å². The molecule has 0 saturated carbocycles. The predicted molar refractivity (Wildman–Crippen MR) is 71.8 cm³/mol. The molecular weight excluding hydrogens is 248 g/mol. The van der Waals surface area contributed by atoms with Crippen LogP contribution in [0.15, 0.2) is 0 Å². The number of carbonyl (C=O) groups excluding carboxylic acids is 1. The molecule has 1 fully saturated rings. The first-order valence-electron chi connectivity index (χ1n) is 6.93. The third-order valence-electron chi connectivity index (χ3n) is 3.14. The minimum atomic E-state index is -0.462. The highest BCUT2D eigenvalue weighted by Gasteiger charge is 2.24. The van der Waals surface area contributed by atoms with E-state index in [1.54, 1.807) is 4.90 Å². The minimum Gasteiger partial charge on any atom is -0.395 e. The van der Waals surface area contributed by atoms with Crippen molar-refractivity contribution in [3.05, 3.63) is 0 Å². The van der Waals surface area contributed by atoms with Gasteiger partial charge in [0.25, 0.3) is 0 Å². The second kappa shape index (κ2) is 8.47. The Morgan fingerprint density at radius 2 is 2.11 bits per heavy atom. The van der Waals surface area contributed by atoms with Crippen LogP contribution in [0, 0.1) is 0 Å². The highest BCUT2D eigenvalue weighted by atomic mass is 16.5. The van der Waals surface area contributed by atoms with Gasteiger partial charge in [-0.15, -0.1) is 0 Å². The first-order valence-corrected chi connectivity index (χ1v) is 6.93. The summed E-state index contributed by atoms with van der Waals surface area (Å²) in [5.74, 6) is 0.0194. The third-order valence-corrected chi connectivity index (χ3v) is 3.14. The molecule has 0 spiro atoms. The van der Waals surface area contributed by atoms with Crippen LogP contribution in [-0.4, -0.2) is 84.1 Å². The Morgan fingerprint density at radius 3 is 2.68 bits per heavy atom. The monoisotopic (exact) mass is 274 g/mol. The van der Waals surface area contributed by atoms with Gasteiger partial charge in [-0.25, -0.2) is 0 Å². The van der Waals surface area contributed by atoms with Crippen LogP contribution in [0.2, 0.25) is 0 Å². The van der Waals surface area contributed by atoms with Crippen LogP contribution in [-0.2, 0) is 9.53 Å². The number of hydrogen-bond donors (Lipinski definition) is 2. The average molecular weight is 274 g/mol. The number of hydrogen-bond acceptors (Lipinski definition) is 5. The van der Waals surface area contributed by atoms with E-state index in [1.165, 1.54) is 0 Å². The molecule has 0 aromatic rings. The largest absolute Gasteiger partial charge is 0.395 e. The number of nitrogens with zero attached hydrogens (tertiary/aromatic N) is 2. The smallest absolute Gasteiger partial charge is 0.236 e. The first-order chi connectivity index (χ1) is 9.02. The van der Waals surface area contributed by atoms with Crippen molar-refractivity contribution in [3.8, 4) is 0 Å². The summed E-state index contributed by atoms with van der Waals surface area (Å²) < 4.78 is 5.39. The Labute approximate surface area is 114 Å². The van der Waals surface area contributed by atoms with E-state index in [9.17, 15) is 9.90 Å². The Hall–Kier alpha value is -0.690. The van der Waals surface area contributed by atoms with E-state index in [0.717, 1.165) is 6.54 Å². The number of aliphatic hydroxyl groups excluding tert-OH is 2.